The Morgan fingerprint density at radius 2 is 2.18 bits per heavy atom. The molecule has 5 nitrogen and oxygen atoms in total. The van der Waals surface area contributed by atoms with Gasteiger partial charge in [-0.15, -0.1) is 0 Å². The van der Waals surface area contributed by atoms with Crippen molar-refractivity contribution in [2.75, 3.05) is 6.61 Å². The topological polar surface area (TPSA) is 76.2 Å². The summed E-state index contributed by atoms with van der Waals surface area (Å²) < 4.78 is 4.97. The number of aromatic nitrogens is 1. The molecule has 1 aromatic heterocycles. The van der Waals surface area contributed by atoms with Gasteiger partial charge in [-0.25, -0.2) is 4.79 Å². The number of ether oxygens (including phenoxy) is 1. The van der Waals surface area contributed by atoms with Crippen molar-refractivity contribution in [1.82, 2.24) is 4.98 Å². The molecule has 0 amide bonds. The lowest BCUT2D eigenvalue weighted by Crippen LogP contribution is -2.12. The number of hydrogen-bond acceptors (Lipinski definition) is 4. The summed E-state index contributed by atoms with van der Waals surface area (Å²) in [6, 6.07) is 1.34. The lowest BCUT2D eigenvalue weighted by molar-refractivity contribution is 0.0520. The molecule has 0 atom stereocenters. The molecule has 88 valence electrons. The Morgan fingerprint density at radius 3 is 2.82 bits per heavy atom. The molecule has 17 heavy (non-hydrogen) atoms. The molecule has 2 rings (SSSR count). The van der Waals surface area contributed by atoms with Crippen molar-refractivity contribution in [2.24, 2.45) is 0 Å². The number of carbonyl (C=O) groups excluding carboxylic acids is 3. The fraction of sp³-hybridized carbons (Fsp3) is 0.182. The van der Waals surface area contributed by atoms with Gasteiger partial charge in [0.2, 0.25) is 11.6 Å². The minimum Gasteiger partial charge on any atom is -0.461 e. The van der Waals surface area contributed by atoms with Gasteiger partial charge in [0.15, 0.2) is 0 Å². The summed E-state index contributed by atoms with van der Waals surface area (Å²) in [4.78, 5) is 37.4. The van der Waals surface area contributed by atoms with Gasteiger partial charge in [0.25, 0.3) is 0 Å². The Morgan fingerprint density at radius 1 is 1.47 bits per heavy atom. The average Bonchev–Trinajstić information content (AvgIpc) is 2.72. The first kappa shape index (κ1) is 11.8. The predicted molar refractivity (Wildman–Crippen MR) is 62.4 cm³/mol. The maximum atomic E-state index is 11.7. The molecule has 6 heteroatoms. The Balaban J connectivity index is 2.44. The van der Waals surface area contributed by atoms with Crippen molar-refractivity contribution >= 4 is 33.5 Å². The maximum absolute atomic E-state index is 11.7. The van der Waals surface area contributed by atoms with Crippen LogP contribution >= 0.6 is 15.9 Å². The molecular formula is C11H8BrNO4. The van der Waals surface area contributed by atoms with Crippen LogP contribution in [0.1, 0.15) is 38.3 Å². The zero-order chi connectivity index (χ0) is 12.6. The molecule has 0 aliphatic heterocycles. The third-order valence-corrected chi connectivity index (χ3v) is 2.87. The highest BCUT2D eigenvalue weighted by molar-refractivity contribution is 9.12. The van der Waals surface area contributed by atoms with E-state index in [1.54, 1.807) is 6.92 Å². The van der Waals surface area contributed by atoms with E-state index in [9.17, 15) is 14.4 Å². The van der Waals surface area contributed by atoms with E-state index in [-0.39, 0.29) is 39.6 Å². The number of aromatic amines is 1. The smallest absolute Gasteiger partial charge is 0.354 e. The number of H-pyrrole nitrogens is 1. The van der Waals surface area contributed by atoms with Crippen LogP contribution in [0.25, 0.3) is 0 Å². The maximum Gasteiger partial charge on any atom is 0.354 e. The van der Waals surface area contributed by atoms with Crippen LogP contribution in [0.5, 0.6) is 0 Å². The Bertz CT molecular complexity index is 556. The number of Topliss-reactive ketones (excluding diaryl/α,β-unsaturated/α-hetero) is 1. The second-order valence-corrected chi connectivity index (χ2v) is 4.23. The van der Waals surface area contributed by atoms with Gasteiger partial charge in [-0.2, -0.15) is 0 Å². The second-order valence-electron chi connectivity index (χ2n) is 3.38. The zero-order valence-electron chi connectivity index (χ0n) is 8.87. The van der Waals surface area contributed by atoms with Crippen molar-refractivity contribution in [2.45, 2.75) is 6.92 Å². The number of carbonyl (C=O) groups is 3. The summed E-state index contributed by atoms with van der Waals surface area (Å²) in [6.07, 6.45) is 1.18. The van der Waals surface area contributed by atoms with Crippen molar-refractivity contribution in [3.8, 4) is 0 Å². The van der Waals surface area contributed by atoms with Crippen molar-refractivity contribution in [3.63, 3.8) is 0 Å². The lowest BCUT2D eigenvalue weighted by Gasteiger charge is -2.05. The summed E-state index contributed by atoms with van der Waals surface area (Å²) >= 11 is 3.00. The van der Waals surface area contributed by atoms with Gasteiger partial charge in [-0.1, -0.05) is 0 Å². The highest BCUT2D eigenvalue weighted by Crippen LogP contribution is 2.25. The first-order valence-electron chi connectivity index (χ1n) is 4.91. The van der Waals surface area contributed by atoms with Crippen LogP contribution in [0.3, 0.4) is 0 Å². The molecule has 1 aliphatic carbocycles. The Kier molecular flexibility index (Phi) is 2.97. The average molecular weight is 298 g/mol. The summed E-state index contributed by atoms with van der Waals surface area (Å²) in [5, 5.41) is 0. The molecule has 0 spiro atoms. The van der Waals surface area contributed by atoms with Crippen molar-refractivity contribution in [3.05, 3.63) is 33.6 Å². The van der Waals surface area contributed by atoms with E-state index in [2.05, 4.69) is 20.9 Å². The molecular weight excluding hydrogens is 290 g/mol. The minimum absolute atomic E-state index is 0.106. The number of hydrogen-bond donors (Lipinski definition) is 1. The van der Waals surface area contributed by atoms with E-state index in [1.165, 1.54) is 12.1 Å². The van der Waals surface area contributed by atoms with Crippen LogP contribution in [0.15, 0.2) is 16.6 Å². The quantitative estimate of drug-likeness (QED) is 0.845. The van der Waals surface area contributed by atoms with E-state index < -0.39 is 5.97 Å². The first-order chi connectivity index (χ1) is 8.04. The number of rotatable bonds is 2. The van der Waals surface area contributed by atoms with E-state index in [0.717, 1.165) is 0 Å². The van der Waals surface area contributed by atoms with E-state index >= 15 is 0 Å². The largest absolute Gasteiger partial charge is 0.461 e. The van der Waals surface area contributed by atoms with Gasteiger partial charge in [0, 0.05) is 6.08 Å². The van der Waals surface area contributed by atoms with Gasteiger partial charge in [-0.3, -0.25) is 9.59 Å². The second kappa shape index (κ2) is 4.29. The summed E-state index contributed by atoms with van der Waals surface area (Å²) in [6.45, 7) is 1.90. The number of halogens is 1. The standard InChI is InChI=1S/C11H8BrNO4/c1-2-17-11(16)7-3-5-9(13-7)8(14)4-6(12)10(5)15/h3-4,13H,2H2,1H3. The van der Waals surface area contributed by atoms with Crippen LogP contribution in [0.4, 0.5) is 0 Å². The molecule has 0 saturated carbocycles. The van der Waals surface area contributed by atoms with Crippen LogP contribution in [-0.4, -0.2) is 29.1 Å². The van der Waals surface area contributed by atoms with Crippen molar-refractivity contribution < 1.29 is 19.1 Å². The highest BCUT2D eigenvalue weighted by atomic mass is 79.9. The summed E-state index contributed by atoms with van der Waals surface area (Å²) in [5.41, 5.74) is 0.419. The highest BCUT2D eigenvalue weighted by Gasteiger charge is 2.28. The molecule has 0 unspecified atom stereocenters. The van der Waals surface area contributed by atoms with Gasteiger partial charge in [0.1, 0.15) is 5.69 Å². The molecule has 1 heterocycles. The third-order valence-electron chi connectivity index (χ3n) is 2.28. The van der Waals surface area contributed by atoms with E-state index in [0.29, 0.717) is 0 Å². The molecule has 0 bridgehead atoms. The normalized spacial score (nSPS) is 14.4. The molecule has 1 aromatic rings. The van der Waals surface area contributed by atoms with Gasteiger partial charge in [0.05, 0.1) is 22.3 Å². The Labute approximate surface area is 105 Å². The van der Waals surface area contributed by atoms with Crippen LogP contribution in [0.2, 0.25) is 0 Å². The first-order valence-corrected chi connectivity index (χ1v) is 5.70. The Hall–Kier alpha value is -1.69. The monoisotopic (exact) mass is 297 g/mol. The van der Waals surface area contributed by atoms with Crippen molar-refractivity contribution in [1.29, 1.82) is 0 Å². The summed E-state index contributed by atoms with van der Waals surface area (Å²) in [7, 11) is 0. The molecule has 0 aromatic carbocycles. The fourth-order valence-corrected chi connectivity index (χ4v) is 1.95. The lowest BCUT2D eigenvalue weighted by atomic mass is 10.0. The molecule has 1 aliphatic rings. The number of esters is 1. The predicted octanol–water partition coefficient (Wildman–Crippen LogP) is 1.85. The minimum atomic E-state index is -0.585. The SMILES string of the molecule is CCOC(=O)c1cc2c([nH]1)C(=O)C=C(Br)C2=O. The third kappa shape index (κ3) is 1.95. The zero-order valence-corrected chi connectivity index (χ0v) is 10.5. The number of nitrogens with one attached hydrogen (secondary N) is 1. The number of fused-ring (bicyclic) bond motifs is 1. The van der Waals surface area contributed by atoms with E-state index in [4.69, 9.17) is 4.74 Å². The van der Waals surface area contributed by atoms with E-state index in [1.807, 2.05) is 0 Å². The number of ketones is 2. The number of allylic oxidation sites excluding steroid dienone is 2. The molecule has 1 N–H and O–H groups in total. The van der Waals surface area contributed by atoms with Gasteiger partial charge in [-0.05, 0) is 28.9 Å². The fourth-order valence-electron chi connectivity index (χ4n) is 1.53. The van der Waals surface area contributed by atoms with Crippen LogP contribution in [-0.2, 0) is 4.74 Å². The molecule has 0 radical (unpaired) electrons. The molecule has 0 fully saturated rings. The van der Waals surface area contributed by atoms with Gasteiger partial charge < -0.3 is 9.72 Å². The summed E-state index contributed by atoms with van der Waals surface area (Å²) in [5.74, 6) is -1.26. The van der Waals surface area contributed by atoms with Crippen LogP contribution < -0.4 is 0 Å². The van der Waals surface area contributed by atoms with Gasteiger partial charge >= 0.3 is 5.97 Å². The van der Waals surface area contributed by atoms with Crippen LogP contribution in [0, 0.1) is 0 Å². The molecule has 0 saturated heterocycles.